The third-order valence-corrected chi connectivity index (χ3v) is 4.94. The Kier molecular flexibility index (Phi) is 3.62. The van der Waals surface area contributed by atoms with E-state index in [0.29, 0.717) is 18.1 Å². The van der Waals surface area contributed by atoms with Gasteiger partial charge < -0.3 is 4.90 Å². The topological polar surface area (TPSA) is 33.4 Å². The smallest absolute Gasteiger partial charge is 0.346 e. The van der Waals surface area contributed by atoms with E-state index in [1.807, 2.05) is 6.20 Å². The molecule has 0 bridgehead atoms. The quantitative estimate of drug-likeness (QED) is 0.795. The van der Waals surface area contributed by atoms with Gasteiger partial charge in [-0.2, -0.15) is 13.2 Å². The molecule has 1 aliphatic heterocycles. The van der Waals surface area contributed by atoms with Gasteiger partial charge in [-0.15, -0.1) is 5.10 Å². The lowest BCUT2D eigenvalue weighted by atomic mass is 9.93. The van der Waals surface area contributed by atoms with Crippen LogP contribution < -0.4 is 4.90 Å². The van der Waals surface area contributed by atoms with Crippen LogP contribution >= 0.6 is 11.3 Å². The summed E-state index contributed by atoms with van der Waals surface area (Å²) >= 11 is 1.35. The summed E-state index contributed by atoms with van der Waals surface area (Å²) in [7, 11) is 0. The minimum Gasteiger partial charge on any atom is -0.346 e. The monoisotopic (exact) mass is 332 g/mol. The molecule has 1 aliphatic rings. The van der Waals surface area contributed by atoms with Gasteiger partial charge in [-0.3, -0.25) is 0 Å². The molecule has 8 heteroatoms. The number of halogens is 3. The summed E-state index contributed by atoms with van der Waals surface area (Å²) < 4.78 is 40.4. The van der Waals surface area contributed by atoms with Crippen molar-refractivity contribution in [2.75, 3.05) is 18.0 Å². The molecule has 0 N–H and O–H groups in total. The maximum Gasteiger partial charge on any atom is 0.393 e. The molecule has 1 fully saturated rings. The maximum absolute atomic E-state index is 12.9. The van der Waals surface area contributed by atoms with Crippen LogP contribution in [0.15, 0.2) is 6.20 Å². The van der Waals surface area contributed by atoms with Gasteiger partial charge in [-0.05, 0) is 12.8 Å². The Bertz CT molecular complexity index is 636. The molecule has 1 unspecified atom stereocenters. The molecule has 1 saturated heterocycles. The lowest BCUT2D eigenvalue weighted by molar-refractivity contribution is -0.175. The van der Waals surface area contributed by atoms with Gasteiger partial charge in [0, 0.05) is 18.5 Å². The van der Waals surface area contributed by atoms with Crippen LogP contribution in [0.1, 0.15) is 39.3 Å². The van der Waals surface area contributed by atoms with E-state index in [2.05, 4.69) is 30.9 Å². The molecular formula is C14H19F3N4S. The van der Waals surface area contributed by atoms with Crippen molar-refractivity contribution in [2.45, 2.75) is 45.2 Å². The summed E-state index contributed by atoms with van der Waals surface area (Å²) in [6.07, 6.45) is -1.52. The van der Waals surface area contributed by atoms with E-state index in [1.165, 1.54) is 11.3 Å². The highest BCUT2D eigenvalue weighted by molar-refractivity contribution is 7.20. The van der Waals surface area contributed by atoms with Gasteiger partial charge in [0.2, 0.25) is 10.1 Å². The van der Waals surface area contributed by atoms with Gasteiger partial charge in [0.1, 0.15) is 0 Å². The van der Waals surface area contributed by atoms with E-state index < -0.39 is 12.1 Å². The molecule has 0 aromatic carbocycles. The first kappa shape index (κ1) is 15.6. The van der Waals surface area contributed by atoms with Crippen molar-refractivity contribution in [2.24, 2.45) is 5.92 Å². The first-order valence-electron chi connectivity index (χ1n) is 7.33. The third-order valence-electron chi connectivity index (χ3n) is 3.96. The van der Waals surface area contributed by atoms with Gasteiger partial charge >= 0.3 is 6.18 Å². The number of alkyl halides is 3. The Morgan fingerprint density at radius 2 is 2.00 bits per heavy atom. The van der Waals surface area contributed by atoms with Crippen molar-refractivity contribution < 1.29 is 13.2 Å². The zero-order chi connectivity index (χ0) is 16.1. The number of aromatic nitrogens is 3. The van der Waals surface area contributed by atoms with E-state index in [9.17, 15) is 13.2 Å². The van der Waals surface area contributed by atoms with Crippen molar-refractivity contribution in [1.29, 1.82) is 0 Å². The second kappa shape index (κ2) is 5.11. The second-order valence-corrected chi connectivity index (χ2v) is 7.75. The highest BCUT2D eigenvalue weighted by Gasteiger charge is 2.42. The number of hydrogen-bond donors (Lipinski definition) is 0. The summed E-state index contributed by atoms with van der Waals surface area (Å²) in [6, 6.07) is 0. The predicted molar refractivity (Wildman–Crippen MR) is 80.6 cm³/mol. The molecule has 1 atom stereocenters. The van der Waals surface area contributed by atoms with Crippen molar-refractivity contribution in [3.05, 3.63) is 11.9 Å². The van der Waals surface area contributed by atoms with Crippen LogP contribution in [-0.4, -0.2) is 33.9 Å². The fourth-order valence-electron chi connectivity index (χ4n) is 2.60. The number of imidazole rings is 1. The summed E-state index contributed by atoms with van der Waals surface area (Å²) in [5.74, 6) is -1.26. The number of fused-ring (bicyclic) bond motifs is 1. The fraction of sp³-hybridized carbons (Fsp3) is 0.714. The van der Waals surface area contributed by atoms with Crippen LogP contribution in [0.4, 0.5) is 18.3 Å². The molecule has 122 valence electrons. The van der Waals surface area contributed by atoms with E-state index in [-0.39, 0.29) is 18.4 Å². The summed E-state index contributed by atoms with van der Waals surface area (Å²) in [4.78, 5) is 7.00. The van der Waals surface area contributed by atoms with E-state index in [1.54, 1.807) is 9.42 Å². The number of nitrogens with zero attached hydrogens (tertiary/aromatic N) is 4. The van der Waals surface area contributed by atoms with Crippen LogP contribution in [0, 0.1) is 5.92 Å². The summed E-state index contributed by atoms with van der Waals surface area (Å²) in [5.41, 5.74) is 0.865. The van der Waals surface area contributed by atoms with Crippen LogP contribution in [0.2, 0.25) is 0 Å². The SMILES string of the molecule is CC(C)(C)c1cn2nc(N3CCCC(C(F)(F)F)C3)sc2n1. The third kappa shape index (κ3) is 2.93. The zero-order valence-corrected chi connectivity index (χ0v) is 13.6. The highest BCUT2D eigenvalue weighted by atomic mass is 32.1. The van der Waals surface area contributed by atoms with Gasteiger partial charge in [-0.25, -0.2) is 9.50 Å². The van der Waals surface area contributed by atoms with Crippen LogP contribution in [-0.2, 0) is 5.41 Å². The molecule has 3 heterocycles. The van der Waals surface area contributed by atoms with Crippen molar-refractivity contribution in [3.8, 4) is 0 Å². The number of rotatable bonds is 1. The van der Waals surface area contributed by atoms with Crippen molar-refractivity contribution >= 4 is 21.4 Å². The van der Waals surface area contributed by atoms with Crippen LogP contribution in [0.3, 0.4) is 0 Å². The molecule has 0 radical (unpaired) electrons. The molecule has 0 amide bonds. The Morgan fingerprint density at radius 1 is 1.27 bits per heavy atom. The van der Waals surface area contributed by atoms with Crippen LogP contribution in [0.5, 0.6) is 0 Å². The maximum atomic E-state index is 12.9. The predicted octanol–water partition coefficient (Wildman–Crippen LogP) is 3.87. The molecule has 22 heavy (non-hydrogen) atoms. The minimum atomic E-state index is -4.13. The molecule has 2 aromatic rings. The van der Waals surface area contributed by atoms with Crippen molar-refractivity contribution in [1.82, 2.24) is 14.6 Å². The molecule has 0 saturated carbocycles. The van der Waals surface area contributed by atoms with Gasteiger partial charge in [-0.1, -0.05) is 32.1 Å². The molecule has 4 nitrogen and oxygen atoms in total. The largest absolute Gasteiger partial charge is 0.393 e. The Balaban J connectivity index is 1.83. The standard InChI is InChI=1S/C14H19F3N4S/c1-13(2,3)10-8-21-11(18-10)22-12(19-21)20-6-4-5-9(7-20)14(15,16)17/h8-9H,4-7H2,1-3H3. The molecule has 3 rings (SSSR count). The van der Waals surface area contributed by atoms with Crippen LogP contribution in [0.25, 0.3) is 4.96 Å². The van der Waals surface area contributed by atoms with Gasteiger partial charge in [0.15, 0.2) is 0 Å². The Labute approximate surface area is 130 Å². The van der Waals surface area contributed by atoms with E-state index in [4.69, 9.17) is 0 Å². The average molecular weight is 332 g/mol. The molecular weight excluding hydrogens is 313 g/mol. The summed E-state index contributed by atoms with van der Waals surface area (Å²) in [5, 5.41) is 5.04. The number of anilines is 1. The molecule has 0 aliphatic carbocycles. The number of hydrogen-bond acceptors (Lipinski definition) is 4. The minimum absolute atomic E-state index is 0.00764. The first-order valence-corrected chi connectivity index (χ1v) is 8.14. The van der Waals surface area contributed by atoms with Crippen molar-refractivity contribution in [3.63, 3.8) is 0 Å². The molecule has 2 aromatic heterocycles. The first-order chi connectivity index (χ1) is 10.1. The number of piperidine rings is 1. The molecule has 0 spiro atoms. The Hall–Kier alpha value is -1.31. The van der Waals surface area contributed by atoms with E-state index >= 15 is 0 Å². The lowest BCUT2D eigenvalue weighted by Gasteiger charge is -2.33. The second-order valence-electron chi connectivity index (χ2n) is 6.81. The highest BCUT2D eigenvalue weighted by Crippen LogP contribution is 2.36. The summed E-state index contributed by atoms with van der Waals surface area (Å²) in [6.45, 7) is 6.82. The lowest BCUT2D eigenvalue weighted by Crippen LogP contribution is -2.41. The fourth-order valence-corrected chi connectivity index (χ4v) is 3.51. The van der Waals surface area contributed by atoms with E-state index in [0.717, 1.165) is 10.7 Å². The zero-order valence-electron chi connectivity index (χ0n) is 12.8. The van der Waals surface area contributed by atoms with Gasteiger partial charge in [0.25, 0.3) is 0 Å². The van der Waals surface area contributed by atoms with Gasteiger partial charge in [0.05, 0.1) is 17.8 Å². The Morgan fingerprint density at radius 3 is 2.59 bits per heavy atom. The normalized spacial score (nSPS) is 20.8. The average Bonchev–Trinajstić information content (AvgIpc) is 2.95.